The van der Waals surface area contributed by atoms with Crippen molar-refractivity contribution in [1.82, 2.24) is 0 Å². The SMILES string of the molecule is CCC=CC(C)CCCC(C)(C)CCC. The molecule has 0 bridgehead atoms. The number of rotatable bonds is 8. The van der Waals surface area contributed by atoms with Crippen LogP contribution in [0.15, 0.2) is 12.2 Å². The van der Waals surface area contributed by atoms with Crippen LogP contribution in [0.2, 0.25) is 0 Å². The van der Waals surface area contributed by atoms with Gasteiger partial charge in [0.15, 0.2) is 0 Å². The van der Waals surface area contributed by atoms with Gasteiger partial charge in [-0.15, -0.1) is 0 Å². The minimum absolute atomic E-state index is 0.558. The van der Waals surface area contributed by atoms with Gasteiger partial charge in [-0.1, -0.05) is 59.6 Å². The third kappa shape index (κ3) is 8.72. The molecule has 0 rings (SSSR count). The summed E-state index contributed by atoms with van der Waals surface area (Å²) < 4.78 is 0. The summed E-state index contributed by atoms with van der Waals surface area (Å²) in [4.78, 5) is 0. The highest BCUT2D eigenvalue weighted by Crippen LogP contribution is 2.29. The highest BCUT2D eigenvalue weighted by atomic mass is 14.2. The normalized spacial score (nSPS) is 14.7. The van der Waals surface area contributed by atoms with E-state index in [4.69, 9.17) is 0 Å². The van der Waals surface area contributed by atoms with Crippen LogP contribution in [0.4, 0.5) is 0 Å². The lowest BCUT2D eigenvalue weighted by atomic mass is 9.82. The Balaban J connectivity index is 3.64. The standard InChI is InChI=1S/C15H30/c1-6-8-10-14(3)11-9-13-15(4,5)12-7-2/h8,10,14H,6-7,9,11-13H2,1-5H3. The minimum atomic E-state index is 0.558. The second kappa shape index (κ2) is 7.96. The van der Waals surface area contributed by atoms with Crippen molar-refractivity contribution >= 4 is 0 Å². The molecule has 0 radical (unpaired) electrons. The van der Waals surface area contributed by atoms with Crippen LogP contribution in [0.5, 0.6) is 0 Å². The molecular formula is C15H30. The van der Waals surface area contributed by atoms with Gasteiger partial charge in [0.25, 0.3) is 0 Å². The molecule has 0 aliphatic rings. The highest BCUT2D eigenvalue weighted by molar-refractivity contribution is 4.85. The summed E-state index contributed by atoms with van der Waals surface area (Å²) in [7, 11) is 0. The van der Waals surface area contributed by atoms with Gasteiger partial charge in [-0.3, -0.25) is 0 Å². The largest absolute Gasteiger partial charge is 0.0885 e. The van der Waals surface area contributed by atoms with Crippen LogP contribution in [-0.4, -0.2) is 0 Å². The van der Waals surface area contributed by atoms with Crippen molar-refractivity contribution in [1.29, 1.82) is 0 Å². The zero-order valence-electron chi connectivity index (χ0n) is 11.5. The topological polar surface area (TPSA) is 0 Å². The Bertz CT molecular complexity index is 165. The van der Waals surface area contributed by atoms with E-state index in [-0.39, 0.29) is 0 Å². The first-order valence-electron chi connectivity index (χ1n) is 6.68. The predicted octanol–water partition coefficient (Wildman–Crippen LogP) is 5.59. The van der Waals surface area contributed by atoms with Gasteiger partial charge >= 0.3 is 0 Å². The smallest absolute Gasteiger partial charge is 0.0262 e. The molecule has 1 unspecified atom stereocenters. The van der Waals surface area contributed by atoms with Crippen LogP contribution >= 0.6 is 0 Å². The maximum absolute atomic E-state index is 2.41. The number of allylic oxidation sites excluding steroid dienone is 2. The van der Waals surface area contributed by atoms with Crippen LogP contribution in [0, 0.1) is 11.3 Å². The predicted molar refractivity (Wildman–Crippen MR) is 71.1 cm³/mol. The molecule has 15 heavy (non-hydrogen) atoms. The monoisotopic (exact) mass is 210 g/mol. The molecule has 0 heteroatoms. The van der Waals surface area contributed by atoms with E-state index in [0.717, 1.165) is 5.92 Å². The molecule has 0 heterocycles. The summed E-state index contributed by atoms with van der Waals surface area (Å²) in [6.07, 6.45) is 12.6. The summed E-state index contributed by atoms with van der Waals surface area (Å²) in [5.74, 6) is 0.766. The summed E-state index contributed by atoms with van der Waals surface area (Å²) in [6.45, 7) is 11.6. The van der Waals surface area contributed by atoms with Gasteiger partial charge < -0.3 is 0 Å². The van der Waals surface area contributed by atoms with Crippen LogP contribution in [0.3, 0.4) is 0 Å². The fraction of sp³-hybridized carbons (Fsp3) is 0.867. The van der Waals surface area contributed by atoms with E-state index >= 15 is 0 Å². The van der Waals surface area contributed by atoms with Gasteiger partial charge in [0.1, 0.15) is 0 Å². The Morgan fingerprint density at radius 3 is 2.33 bits per heavy atom. The van der Waals surface area contributed by atoms with Gasteiger partial charge in [0.2, 0.25) is 0 Å². The van der Waals surface area contributed by atoms with E-state index in [0.29, 0.717) is 5.41 Å². The van der Waals surface area contributed by atoms with E-state index in [1.165, 1.54) is 38.5 Å². The Kier molecular flexibility index (Phi) is 7.82. The Morgan fingerprint density at radius 1 is 1.13 bits per heavy atom. The first kappa shape index (κ1) is 14.7. The van der Waals surface area contributed by atoms with Gasteiger partial charge in [-0.2, -0.15) is 0 Å². The van der Waals surface area contributed by atoms with Crippen LogP contribution in [0.1, 0.15) is 73.1 Å². The van der Waals surface area contributed by atoms with Gasteiger partial charge in [-0.05, 0) is 37.0 Å². The molecule has 0 aromatic heterocycles. The van der Waals surface area contributed by atoms with Crippen molar-refractivity contribution in [2.24, 2.45) is 11.3 Å². The van der Waals surface area contributed by atoms with E-state index < -0.39 is 0 Å². The fourth-order valence-electron chi connectivity index (χ4n) is 2.17. The molecular weight excluding hydrogens is 180 g/mol. The van der Waals surface area contributed by atoms with E-state index in [1.807, 2.05) is 0 Å². The highest BCUT2D eigenvalue weighted by Gasteiger charge is 2.15. The molecule has 0 nitrogen and oxygen atoms in total. The fourth-order valence-corrected chi connectivity index (χ4v) is 2.17. The molecule has 0 saturated heterocycles. The molecule has 0 aromatic carbocycles. The molecule has 0 N–H and O–H groups in total. The molecule has 90 valence electrons. The average Bonchev–Trinajstić information content (AvgIpc) is 2.14. The number of hydrogen-bond donors (Lipinski definition) is 0. The maximum Gasteiger partial charge on any atom is -0.0262 e. The second-order valence-corrected chi connectivity index (χ2v) is 5.62. The van der Waals surface area contributed by atoms with Crippen LogP contribution in [-0.2, 0) is 0 Å². The summed E-state index contributed by atoms with van der Waals surface area (Å²) >= 11 is 0. The number of hydrogen-bond acceptors (Lipinski definition) is 0. The van der Waals surface area contributed by atoms with Crippen molar-refractivity contribution in [2.45, 2.75) is 73.1 Å². The quantitative estimate of drug-likeness (QED) is 0.458. The lowest BCUT2D eigenvalue weighted by molar-refractivity contribution is 0.288. The van der Waals surface area contributed by atoms with Crippen LogP contribution in [0.25, 0.3) is 0 Å². The van der Waals surface area contributed by atoms with Crippen molar-refractivity contribution in [3.63, 3.8) is 0 Å². The van der Waals surface area contributed by atoms with Crippen molar-refractivity contribution in [3.05, 3.63) is 12.2 Å². The lowest BCUT2D eigenvalue weighted by Crippen LogP contribution is -2.10. The Morgan fingerprint density at radius 2 is 1.80 bits per heavy atom. The maximum atomic E-state index is 2.41. The summed E-state index contributed by atoms with van der Waals surface area (Å²) in [5.41, 5.74) is 0.558. The van der Waals surface area contributed by atoms with E-state index in [9.17, 15) is 0 Å². The van der Waals surface area contributed by atoms with Gasteiger partial charge in [-0.25, -0.2) is 0 Å². The molecule has 0 fully saturated rings. The first-order valence-corrected chi connectivity index (χ1v) is 6.68. The Labute approximate surface area is 97.2 Å². The summed E-state index contributed by atoms with van der Waals surface area (Å²) in [6, 6.07) is 0. The van der Waals surface area contributed by atoms with Gasteiger partial charge in [0, 0.05) is 0 Å². The third-order valence-corrected chi connectivity index (χ3v) is 3.14. The third-order valence-electron chi connectivity index (χ3n) is 3.14. The molecule has 0 aliphatic carbocycles. The second-order valence-electron chi connectivity index (χ2n) is 5.62. The molecule has 0 aliphatic heterocycles. The van der Waals surface area contributed by atoms with E-state index in [2.05, 4.69) is 46.8 Å². The minimum Gasteiger partial charge on any atom is -0.0885 e. The lowest BCUT2D eigenvalue weighted by Gasteiger charge is -2.24. The zero-order valence-corrected chi connectivity index (χ0v) is 11.5. The molecule has 0 amide bonds. The zero-order chi connectivity index (χ0) is 11.7. The van der Waals surface area contributed by atoms with Gasteiger partial charge in [0.05, 0.1) is 0 Å². The van der Waals surface area contributed by atoms with Crippen molar-refractivity contribution in [3.8, 4) is 0 Å². The average molecular weight is 210 g/mol. The Hall–Kier alpha value is -0.260. The van der Waals surface area contributed by atoms with Crippen molar-refractivity contribution in [2.75, 3.05) is 0 Å². The molecule has 0 saturated carbocycles. The van der Waals surface area contributed by atoms with Crippen LogP contribution < -0.4 is 0 Å². The summed E-state index contributed by atoms with van der Waals surface area (Å²) in [5, 5.41) is 0. The molecule has 0 aromatic rings. The van der Waals surface area contributed by atoms with Crippen molar-refractivity contribution < 1.29 is 0 Å². The first-order chi connectivity index (χ1) is 7.02. The molecule has 1 atom stereocenters. The molecule has 0 spiro atoms. The van der Waals surface area contributed by atoms with E-state index in [1.54, 1.807) is 0 Å².